The van der Waals surface area contributed by atoms with Gasteiger partial charge in [0.1, 0.15) is 16.1 Å². The lowest BCUT2D eigenvalue weighted by Gasteiger charge is -2.31. The van der Waals surface area contributed by atoms with Crippen LogP contribution in [-0.2, 0) is 17.9 Å². The number of piperidine rings is 2. The molecule has 244 valence electrons. The monoisotopic (exact) mass is 676 g/mol. The van der Waals surface area contributed by atoms with Crippen LogP contribution in [0.1, 0.15) is 48.9 Å². The lowest BCUT2D eigenvalue weighted by molar-refractivity contribution is -0.143. The first-order valence-electron chi connectivity index (χ1n) is 15.5. The van der Waals surface area contributed by atoms with E-state index in [0.29, 0.717) is 49.7 Å². The Morgan fingerprint density at radius 2 is 1.82 bits per heavy atom. The number of carbonyl (C=O) groups excluding carboxylic acids is 1. The normalized spacial score (nSPS) is 19.4. The minimum absolute atomic E-state index is 0. The second kappa shape index (κ2) is 13.9. The molecule has 1 unspecified atom stereocenters. The van der Waals surface area contributed by atoms with Crippen LogP contribution in [0.4, 0.5) is 0 Å². The van der Waals surface area contributed by atoms with Gasteiger partial charge in [0.05, 0.1) is 24.2 Å². The number of carboxylic acid groups (broad SMARTS) is 1. The average Bonchev–Trinajstić information content (AvgIpc) is 3.43. The minimum Gasteiger partial charge on any atom is -0.494 e. The predicted molar refractivity (Wildman–Crippen MR) is 182 cm³/mol. The number of aliphatic carboxylic acids is 1. The van der Waals surface area contributed by atoms with Gasteiger partial charge in [-0.25, -0.2) is 4.98 Å². The van der Waals surface area contributed by atoms with Gasteiger partial charge in [0.25, 0.3) is 5.91 Å². The van der Waals surface area contributed by atoms with Crippen LogP contribution in [0.5, 0.6) is 5.75 Å². The van der Waals surface area contributed by atoms with Crippen molar-refractivity contribution in [2.75, 3.05) is 39.8 Å². The van der Waals surface area contributed by atoms with E-state index in [-0.39, 0.29) is 42.7 Å². The van der Waals surface area contributed by atoms with Crippen molar-refractivity contribution in [3.63, 3.8) is 0 Å². The van der Waals surface area contributed by atoms with Gasteiger partial charge in [0, 0.05) is 49.7 Å². The SMILES string of the molecule is COc1cc(C(=O)N2CCCC(N)C2)cc2nc(-c3cc4ccsc4n3CC3CC3)n(CCN3CCC(C(=O)O)CC3)c12.Cl.Cl. The third-order valence-electron chi connectivity index (χ3n) is 9.46. The number of fused-ring (bicyclic) bond motifs is 2. The van der Waals surface area contributed by atoms with Crippen LogP contribution in [-0.4, -0.2) is 86.8 Å². The maximum absolute atomic E-state index is 13.6. The standard InChI is InChI=1S/C32H40N6O4S.2ClH/c1-42-27-17-23(30(39)36-9-2-3-24(33)19-36)15-25-28(27)37(13-12-35-10-6-21(7-11-35)32(40)41)29(34-25)26-16-22-8-14-43-31(22)38(26)18-20-4-5-20;;/h8,14-17,20-21,24H,2-7,9-13,18-19,33H2,1H3,(H,40,41);2*1H. The number of amides is 1. The average molecular weight is 678 g/mol. The second-order valence-electron chi connectivity index (χ2n) is 12.5. The van der Waals surface area contributed by atoms with Crippen molar-refractivity contribution in [1.82, 2.24) is 23.9 Å². The summed E-state index contributed by atoms with van der Waals surface area (Å²) in [5.74, 6) is 1.21. The lowest BCUT2D eigenvalue weighted by atomic mass is 9.97. The zero-order valence-corrected chi connectivity index (χ0v) is 28.0. The number of imidazole rings is 1. The van der Waals surface area contributed by atoms with Gasteiger partial charge in [-0.15, -0.1) is 36.2 Å². The number of ether oxygens (including phenoxy) is 1. The number of benzene rings is 1. The highest BCUT2D eigenvalue weighted by Gasteiger charge is 2.30. The Labute approximate surface area is 279 Å². The van der Waals surface area contributed by atoms with Gasteiger partial charge in [-0.2, -0.15) is 0 Å². The summed E-state index contributed by atoms with van der Waals surface area (Å²) in [6.45, 7) is 5.22. The molecule has 4 aromatic rings. The van der Waals surface area contributed by atoms with Crippen LogP contribution in [0.3, 0.4) is 0 Å². The Bertz CT molecular complexity index is 1670. The summed E-state index contributed by atoms with van der Waals surface area (Å²) < 4.78 is 10.6. The number of hydrogen-bond donors (Lipinski definition) is 2. The molecule has 3 N–H and O–H groups in total. The summed E-state index contributed by atoms with van der Waals surface area (Å²) in [6, 6.07) is 8.19. The molecule has 7 rings (SSSR count). The Morgan fingerprint density at radius 3 is 2.51 bits per heavy atom. The van der Waals surface area contributed by atoms with E-state index in [0.717, 1.165) is 61.6 Å². The molecule has 10 nitrogen and oxygen atoms in total. The maximum atomic E-state index is 13.6. The van der Waals surface area contributed by atoms with E-state index >= 15 is 0 Å². The van der Waals surface area contributed by atoms with Crippen LogP contribution in [0, 0.1) is 11.8 Å². The molecule has 1 aromatic carbocycles. The van der Waals surface area contributed by atoms with E-state index in [1.54, 1.807) is 18.4 Å². The minimum atomic E-state index is -0.694. The molecule has 13 heteroatoms. The molecule has 2 saturated heterocycles. The topological polar surface area (TPSA) is 119 Å². The highest BCUT2D eigenvalue weighted by Crippen LogP contribution is 2.39. The molecule has 1 aliphatic carbocycles. The molecular weight excluding hydrogens is 635 g/mol. The Morgan fingerprint density at radius 1 is 1.04 bits per heavy atom. The molecule has 3 aliphatic rings. The molecule has 0 bridgehead atoms. The summed E-state index contributed by atoms with van der Waals surface area (Å²) in [6.07, 6.45) is 5.69. The van der Waals surface area contributed by atoms with E-state index in [9.17, 15) is 14.7 Å². The molecule has 45 heavy (non-hydrogen) atoms. The summed E-state index contributed by atoms with van der Waals surface area (Å²) in [5.41, 5.74) is 9.48. The van der Waals surface area contributed by atoms with Crippen molar-refractivity contribution < 1.29 is 19.4 Å². The number of carboxylic acids is 1. The zero-order chi connectivity index (χ0) is 29.7. The van der Waals surface area contributed by atoms with Crippen molar-refractivity contribution in [3.8, 4) is 17.3 Å². The summed E-state index contributed by atoms with van der Waals surface area (Å²) in [4.78, 5) is 35.8. The highest BCUT2D eigenvalue weighted by molar-refractivity contribution is 7.16. The van der Waals surface area contributed by atoms with Crippen LogP contribution >= 0.6 is 36.2 Å². The third-order valence-corrected chi connectivity index (χ3v) is 10.4. The van der Waals surface area contributed by atoms with Gasteiger partial charge in [0.15, 0.2) is 5.82 Å². The quantitative estimate of drug-likeness (QED) is 0.246. The number of nitrogens with zero attached hydrogens (tertiary/aromatic N) is 5. The van der Waals surface area contributed by atoms with Crippen molar-refractivity contribution in [2.24, 2.45) is 17.6 Å². The van der Waals surface area contributed by atoms with Crippen LogP contribution < -0.4 is 10.5 Å². The summed E-state index contributed by atoms with van der Waals surface area (Å²) >= 11 is 1.77. The molecule has 1 amide bonds. The number of thiophene rings is 1. The van der Waals surface area contributed by atoms with Gasteiger partial charge in [-0.1, -0.05) is 0 Å². The van der Waals surface area contributed by atoms with Gasteiger partial charge >= 0.3 is 5.97 Å². The third kappa shape index (κ3) is 6.69. The van der Waals surface area contributed by atoms with Gasteiger partial charge < -0.3 is 34.5 Å². The van der Waals surface area contributed by atoms with E-state index in [1.807, 2.05) is 17.0 Å². The predicted octanol–water partition coefficient (Wildman–Crippen LogP) is 5.34. The first kappa shape index (κ1) is 33.5. The molecule has 3 aromatic heterocycles. The molecule has 1 saturated carbocycles. The van der Waals surface area contributed by atoms with Crippen LogP contribution in [0.2, 0.25) is 0 Å². The lowest BCUT2D eigenvalue weighted by Crippen LogP contribution is -2.45. The largest absolute Gasteiger partial charge is 0.494 e. The summed E-state index contributed by atoms with van der Waals surface area (Å²) in [5, 5.41) is 12.8. The summed E-state index contributed by atoms with van der Waals surface area (Å²) in [7, 11) is 1.65. The fourth-order valence-electron chi connectivity index (χ4n) is 6.84. The van der Waals surface area contributed by atoms with Crippen LogP contribution in [0.25, 0.3) is 32.8 Å². The van der Waals surface area contributed by atoms with Gasteiger partial charge in [0.2, 0.25) is 0 Å². The smallest absolute Gasteiger partial charge is 0.306 e. The maximum Gasteiger partial charge on any atom is 0.306 e. The molecule has 0 spiro atoms. The molecule has 1 atom stereocenters. The van der Waals surface area contributed by atoms with E-state index in [1.165, 1.54) is 23.1 Å². The number of methoxy groups -OCH3 is 1. The number of hydrogen-bond acceptors (Lipinski definition) is 7. The number of aromatic nitrogens is 3. The number of likely N-dealkylation sites (tertiary alicyclic amines) is 2. The van der Waals surface area contributed by atoms with Crippen LogP contribution in [0.15, 0.2) is 29.6 Å². The first-order valence-corrected chi connectivity index (χ1v) is 16.4. The number of carbonyl (C=O) groups is 2. The number of halogens is 2. The fourth-order valence-corrected chi connectivity index (χ4v) is 7.75. The Kier molecular flexibility index (Phi) is 10.3. The first-order chi connectivity index (χ1) is 20.9. The van der Waals surface area contributed by atoms with E-state index in [2.05, 4.69) is 31.5 Å². The molecule has 5 heterocycles. The molecule has 2 aliphatic heterocycles. The van der Waals surface area contributed by atoms with Crippen molar-refractivity contribution in [2.45, 2.75) is 57.7 Å². The number of rotatable bonds is 9. The van der Waals surface area contributed by atoms with Crippen molar-refractivity contribution in [1.29, 1.82) is 0 Å². The van der Waals surface area contributed by atoms with E-state index < -0.39 is 5.97 Å². The van der Waals surface area contributed by atoms with Crippen molar-refractivity contribution >= 4 is 69.3 Å². The Hall–Kier alpha value is -2.83. The molecular formula is C32H42Cl2N6O4S. The second-order valence-corrected chi connectivity index (χ2v) is 13.4. The zero-order valence-electron chi connectivity index (χ0n) is 25.5. The van der Waals surface area contributed by atoms with Crippen molar-refractivity contribution in [3.05, 3.63) is 35.2 Å². The fraction of sp³-hybridized carbons (Fsp3) is 0.531. The molecule has 3 fully saturated rings. The Balaban J connectivity index is 0.00000200. The van der Waals surface area contributed by atoms with E-state index in [4.69, 9.17) is 15.5 Å². The number of nitrogens with two attached hydrogens (primary N) is 1. The van der Waals surface area contributed by atoms with Gasteiger partial charge in [-0.05, 0) is 87.2 Å². The molecule has 0 radical (unpaired) electrons. The highest BCUT2D eigenvalue weighted by atomic mass is 35.5. The van der Waals surface area contributed by atoms with Gasteiger partial charge in [-0.3, -0.25) is 9.59 Å².